The number of aliphatic hydroxyl groups is 1. The minimum atomic E-state index is -1.82. The maximum atomic E-state index is 11.7. The van der Waals surface area contributed by atoms with Crippen molar-refractivity contribution in [3.05, 3.63) is 11.6 Å². The van der Waals surface area contributed by atoms with Crippen LogP contribution >= 0.6 is 0 Å². The zero-order chi connectivity index (χ0) is 24.5. The molecule has 0 aromatic carbocycles. The molecule has 3 unspecified atom stereocenters. The minimum absolute atomic E-state index is 0.0777. The maximum absolute atomic E-state index is 11.7. The molecule has 6 atom stereocenters. The predicted molar refractivity (Wildman–Crippen MR) is 122 cm³/mol. The number of hydrogen-bond donors (Lipinski definition) is 6. The summed E-state index contributed by atoms with van der Waals surface area (Å²) in [5.41, 5.74) is 6.14. The van der Waals surface area contributed by atoms with Crippen LogP contribution in [0.1, 0.15) is 46.5 Å². The smallest absolute Gasteiger partial charge is 0.414 e. The van der Waals surface area contributed by atoms with Gasteiger partial charge in [0.15, 0.2) is 6.23 Å². The summed E-state index contributed by atoms with van der Waals surface area (Å²) in [4.78, 5) is 23.8. The lowest BCUT2D eigenvalue weighted by Gasteiger charge is -2.48. The summed E-state index contributed by atoms with van der Waals surface area (Å²) in [5.74, 6) is -2.93. The number of likely N-dealkylation sites (N-methyl/N-ethyl adjacent to an activating group) is 2. The third kappa shape index (κ3) is 6.28. The van der Waals surface area contributed by atoms with Gasteiger partial charge < -0.3 is 31.2 Å². The van der Waals surface area contributed by atoms with Crippen molar-refractivity contribution < 1.29 is 29.7 Å². The summed E-state index contributed by atoms with van der Waals surface area (Å²) in [7, 11) is 3.73. The van der Waals surface area contributed by atoms with Crippen molar-refractivity contribution in [3.8, 4) is 0 Å². The van der Waals surface area contributed by atoms with E-state index in [1.54, 1.807) is 0 Å². The number of fused-ring (bicyclic) bond motifs is 1. The van der Waals surface area contributed by atoms with Crippen LogP contribution in [-0.4, -0.2) is 72.5 Å². The highest BCUT2D eigenvalue weighted by molar-refractivity contribution is 6.27. The highest BCUT2D eigenvalue weighted by atomic mass is 16.6. The molecule has 0 bridgehead atoms. The molecule has 2 rings (SSSR count). The van der Waals surface area contributed by atoms with Crippen molar-refractivity contribution in [1.82, 2.24) is 10.6 Å². The van der Waals surface area contributed by atoms with E-state index in [2.05, 4.69) is 42.6 Å². The van der Waals surface area contributed by atoms with Gasteiger partial charge in [-0.15, -0.1) is 0 Å². The third-order valence-corrected chi connectivity index (χ3v) is 6.88. The van der Waals surface area contributed by atoms with Crippen LogP contribution in [0.4, 0.5) is 0 Å². The molecule has 2 aliphatic carbocycles. The Morgan fingerprint density at radius 3 is 2.44 bits per heavy atom. The zero-order valence-electron chi connectivity index (χ0n) is 19.8. The van der Waals surface area contributed by atoms with Gasteiger partial charge in [0, 0.05) is 17.9 Å². The topological polar surface area (TPSA) is 166 Å². The van der Waals surface area contributed by atoms with Crippen LogP contribution < -0.4 is 16.4 Å². The van der Waals surface area contributed by atoms with Gasteiger partial charge in [-0.1, -0.05) is 37.6 Å². The zero-order valence-corrected chi connectivity index (χ0v) is 19.8. The number of nitrogens with two attached hydrogens (primary N) is 1. The number of carboxylic acids is 2. The highest BCUT2D eigenvalue weighted by Gasteiger charge is 2.63. The molecule has 32 heavy (non-hydrogen) atoms. The van der Waals surface area contributed by atoms with Gasteiger partial charge in [-0.05, 0) is 58.2 Å². The Labute approximate surface area is 190 Å². The molecule has 10 heteroatoms. The van der Waals surface area contributed by atoms with E-state index >= 15 is 0 Å². The number of nitrogens with zero attached hydrogens (tertiary/aromatic N) is 1. The van der Waals surface area contributed by atoms with E-state index in [1.807, 2.05) is 20.3 Å². The fourth-order valence-electron chi connectivity index (χ4n) is 4.99. The van der Waals surface area contributed by atoms with Gasteiger partial charge >= 0.3 is 11.9 Å². The average molecular weight is 457 g/mol. The lowest BCUT2D eigenvalue weighted by molar-refractivity contribution is -0.159. The van der Waals surface area contributed by atoms with Crippen LogP contribution in [0.15, 0.2) is 16.8 Å². The lowest BCUT2D eigenvalue weighted by Crippen LogP contribution is -2.50. The van der Waals surface area contributed by atoms with E-state index in [9.17, 15) is 5.11 Å². The molecule has 184 valence electrons. The summed E-state index contributed by atoms with van der Waals surface area (Å²) in [6, 6.07) is 0. The van der Waals surface area contributed by atoms with Gasteiger partial charge in [0.1, 0.15) is 0 Å². The number of nitrogens with one attached hydrogen (secondary N) is 2. The number of rotatable bonds is 8. The van der Waals surface area contributed by atoms with Crippen molar-refractivity contribution in [3.63, 3.8) is 0 Å². The first-order valence-electron chi connectivity index (χ1n) is 11.1. The summed E-state index contributed by atoms with van der Waals surface area (Å²) in [6.45, 7) is 7.91. The van der Waals surface area contributed by atoms with Gasteiger partial charge in [-0.25, -0.2) is 9.59 Å². The Morgan fingerprint density at radius 1 is 1.31 bits per heavy atom. The number of aliphatic carboxylic acids is 2. The first-order valence-corrected chi connectivity index (χ1v) is 11.1. The second-order valence-corrected chi connectivity index (χ2v) is 8.96. The summed E-state index contributed by atoms with van der Waals surface area (Å²) in [6.07, 6.45) is 7.78. The summed E-state index contributed by atoms with van der Waals surface area (Å²) in [5, 5.41) is 36.9. The van der Waals surface area contributed by atoms with Gasteiger partial charge in [-0.2, -0.15) is 0 Å². The number of carbonyl (C=O) groups is 2. The molecule has 2 fully saturated rings. The minimum Gasteiger partial charge on any atom is -0.473 e. The average Bonchev–Trinajstić information content (AvgIpc) is 2.89. The SMILES string of the molecule is CNC[C@@H](NC)ON=CC1/C(=C\CCN)[C@@]2(C)CCC(C)C[C@]2(O)C1C.O=C(O)C(=O)O. The van der Waals surface area contributed by atoms with E-state index in [4.69, 9.17) is 30.4 Å². The number of carboxylic acid groups (broad SMARTS) is 2. The van der Waals surface area contributed by atoms with Crippen molar-refractivity contribution >= 4 is 18.2 Å². The van der Waals surface area contributed by atoms with Crippen LogP contribution in [0.2, 0.25) is 0 Å². The first-order chi connectivity index (χ1) is 15.0. The Hall–Kier alpha value is -2.01. The van der Waals surface area contributed by atoms with Gasteiger partial charge in [0.05, 0.1) is 11.8 Å². The first kappa shape index (κ1) is 28.0. The molecule has 7 N–H and O–H groups in total. The molecule has 0 radical (unpaired) electrons. The van der Waals surface area contributed by atoms with Crippen molar-refractivity contribution in [2.75, 3.05) is 27.2 Å². The van der Waals surface area contributed by atoms with Crippen LogP contribution in [-0.2, 0) is 14.4 Å². The molecule has 0 spiro atoms. The molecule has 0 saturated heterocycles. The van der Waals surface area contributed by atoms with Crippen LogP contribution in [0, 0.1) is 23.2 Å². The molecule has 0 aromatic rings. The molecule has 2 saturated carbocycles. The molecule has 2 aliphatic rings. The fourth-order valence-corrected chi connectivity index (χ4v) is 4.99. The van der Waals surface area contributed by atoms with Crippen molar-refractivity contribution in [2.45, 2.75) is 58.3 Å². The Balaban J connectivity index is 0.000000751. The highest BCUT2D eigenvalue weighted by Crippen LogP contribution is 2.63. The quantitative estimate of drug-likeness (QED) is 0.103. The third-order valence-electron chi connectivity index (χ3n) is 6.88. The normalized spacial score (nSPS) is 34.0. The maximum Gasteiger partial charge on any atom is 0.414 e. The van der Waals surface area contributed by atoms with Crippen LogP contribution in [0.5, 0.6) is 0 Å². The van der Waals surface area contributed by atoms with Crippen LogP contribution in [0.3, 0.4) is 0 Å². The molecular weight excluding hydrogens is 416 g/mol. The largest absolute Gasteiger partial charge is 0.473 e. The van der Waals surface area contributed by atoms with Crippen LogP contribution in [0.25, 0.3) is 0 Å². The number of hydrogen-bond acceptors (Lipinski definition) is 8. The van der Waals surface area contributed by atoms with E-state index < -0.39 is 17.5 Å². The Morgan fingerprint density at radius 2 is 1.94 bits per heavy atom. The summed E-state index contributed by atoms with van der Waals surface area (Å²) < 4.78 is 0. The molecule has 0 heterocycles. The van der Waals surface area contributed by atoms with Gasteiger partial charge in [0.25, 0.3) is 0 Å². The van der Waals surface area contributed by atoms with E-state index in [0.717, 1.165) is 25.7 Å². The van der Waals surface area contributed by atoms with Gasteiger partial charge in [0.2, 0.25) is 0 Å². The standard InChI is InChI=1S/C20H38N4O2.C2H2O4/c1-14-8-9-19(3)17(7-6-10-21)16(15(2)20(19,25)11-14)12-24-26-18(23-5)13-22-4;3-1(4)2(5)6/h7,12,14-16,18,22-23,25H,6,8-11,13,21H2,1-5H3;(H,3,4)(H,5,6)/b17-7+,24-12?;/t14?,15?,16?,18-,19+,20-;/m0./s1. The Kier molecular flexibility index (Phi) is 10.8. The van der Waals surface area contributed by atoms with E-state index in [1.165, 1.54) is 5.57 Å². The second-order valence-electron chi connectivity index (χ2n) is 8.96. The van der Waals surface area contributed by atoms with Gasteiger partial charge in [-0.3, -0.25) is 5.32 Å². The molecule has 0 aliphatic heterocycles. The predicted octanol–water partition coefficient (Wildman–Crippen LogP) is 1.01. The molecule has 10 nitrogen and oxygen atoms in total. The van der Waals surface area contributed by atoms with Crippen molar-refractivity contribution in [1.29, 1.82) is 0 Å². The summed E-state index contributed by atoms with van der Waals surface area (Å²) >= 11 is 0. The molecule has 0 aromatic heterocycles. The lowest BCUT2D eigenvalue weighted by atomic mass is 9.60. The number of oxime groups is 1. The molecule has 0 amide bonds. The van der Waals surface area contributed by atoms with E-state index in [0.29, 0.717) is 19.0 Å². The second kappa shape index (κ2) is 12.3. The molecular formula is C22H40N4O6. The fraction of sp³-hybridized carbons (Fsp3) is 0.773. The monoisotopic (exact) mass is 456 g/mol. The Bertz CT molecular complexity index is 688. The van der Waals surface area contributed by atoms with E-state index in [-0.39, 0.29) is 23.5 Å². The van der Waals surface area contributed by atoms with Crippen molar-refractivity contribution in [2.24, 2.45) is 34.1 Å².